The maximum Gasteiger partial charge on any atom is 0.238 e. The van der Waals surface area contributed by atoms with E-state index in [2.05, 4.69) is 15.3 Å². The molecule has 90 valence electrons. The van der Waals surface area contributed by atoms with E-state index in [0.29, 0.717) is 18.0 Å². The minimum absolute atomic E-state index is 0.360. The number of piperidine rings is 1. The Morgan fingerprint density at radius 2 is 1.81 bits per heavy atom. The molecule has 16 heavy (non-hydrogen) atoms. The van der Waals surface area contributed by atoms with E-state index in [9.17, 15) is 4.79 Å². The van der Waals surface area contributed by atoms with E-state index in [0.717, 1.165) is 38.9 Å². The summed E-state index contributed by atoms with van der Waals surface area (Å²) < 4.78 is 0. The third-order valence-corrected chi connectivity index (χ3v) is 4.24. The van der Waals surface area contributed by atoms with Gasteiger partial charge < -0.3 is 5.32 Å². The molecule has 3 rings (SSSR count). The number of carbonyl (C=O) groups excluding carboxylic acids is 1. The second-order valence-corrected chi connectivity index (χ2v) is 5.22. The summed E-state index contributed by atoms with van der Waals surface area (Å²) in [6.45, 7) is 3.09. The van der Waals surface area contributed by atoms with Crippen LogP contribution in [0.3, 0.4) is 0 Å². The van der Waals surface area contributed by atoms with Gasteiger partial charge in [0.1, 0.15) is 0 Å². The Kier molecular flexibility index (Phi) is 2.86. The first-order valence-electron chi connectivity index (χ1n) is 6.65. The SMILES string of the molecule is O=C1CCN(C2CCC2)N1C1CCNCC1. The van der Waals surface area contributed by atoms with Crippen LogP contribution in [-0.4, -0.2) is 47.6 Å². The van der Waals surface area contributed by atoms with Crippen LogP contribution >= 0.6 is 0 Å². The molecule has 0 atom stereocenters. The number of hydrazine groups is 1. The minimum atomic E-state index is 0.360. The molecule has 4 heteroatoms. The third-order valence-electron chi connectivity index (χ3n) is 4.24. The van der Waals surface area contributed by atoms with Crippen molar-refractivity contribution in [3.63, 3.8) is 0 Å². The first kappa shape index (κ1) is 10.5. The molecule has 0 unspecified atom stereocenters. The molecule has 0 radical (unpaired) electrons. The fraction of sp³-hybridized carbons (Fsp3) is 0.917. The summed E-state index contributed by atoms with van der Waals surface area (Å²) >= 11 is 0. The Morgan fingerprint density at radius 3 is 2.44 bits per heavy atom. The Balaban J connectivity index is 1.70. The average molecular weight is 223 g/mol. The molecule has 1 amide bonds. The van der Waals surface area contributed by atoms with Gasteiger partial charge in [-0.3, -0.25) is 9.80 Å². The molecule has 1 N–H and O–H groups in total. The predicted molar refractivity (Wildman–Crippen MR) is 61.7 cm³/mol. The van der Waals surface area contributed by atoms with E-state index < -0.39 is 0 Å². The summed E-state index contributed by atoms with van der Waals surface area (Å²) in [5, 5.41) is 7.86. The lowest BCUT2D eigenvalue weighted by Gasteiger charge is -2.44. The molecule has 0 aromatic heterocycles. The fourth-order valence-corrected chi connectivity index (χ4v) is 3.08. The highest BCUT2D eigenvalue weighted by Crippen LogP contribution is 2.31. The van der Waals surface area contributed by atoms with Crippen molar-refractivity contribution < 1.29 is 4.79 Å². The first-order valence-corrected chi connectivity index (χ1v) is 6.65. The fourth-order valence-electron chi connectivity index (χ4n) is 3.08. The van der Waals surface area contributed by atoms with Crippen LogP contribution in [-0.2, 0) is 4.79 Å². The van der Waals surface area contributed by atoms with Crippen molar-refractivity contribution in [3.8, 4) is 0 Å². The van der Waals surface area contributed by atoms with Crippen LogP contribution in [0, 0.1) is 0 Å². The van der Waals surface area contributed by atoms with Crippen LogP contribution < -0.4 is 5.32 Å². The van der Waals surface area contributed by atoms with Crippen molar-refractivity contribution in [1.29, 1.82) is 0 Å². The lowest BCUT2D eigenvalue weighted by molar-refractivity contribution is -0.151. The molecule has 0 aromatic carbocycles. The van der Waals surface area contributed by atoms with Crippen LogP contribution in [0.1, 0.15) is 38.5 Å². The third kappa shape index (κ3) is 1.74. The van der Waals surface area contributed by atoms with Gasteiger partial charge in [0.2, 0.25) is 5.91 Å². The average Bonchev–Trinajstić information content (AvgIpc) is 2.59. The van der Waals surface area contributed by atoms with Gasteiger partial charge in [-0.1, -0.05) is 6.42 Å². The number of hydrogen-bond donors (Lipinski definition) is 1. The van der Waals surface area contributed by atoms with Gasteiger partial charge in [0, 0.05) is 19.0 Å². The molecule has 2 aliphatic heterocycles. The lowest BCUT2D eigenvalue weighted by atomic mass is 9.92. The molecule has 0 aromatic rings. The van der Waals surface area contributed by atoms with Gasteiger partial charge in [0.15, 0.2) is 0 Å². The quantitative estimate of drug-likeness (QED) is 0.750. The number of amides is 1. The lowest BCUT2D eigenvalue weighted by Crippen LogP contribution is -2.55. The maximum absolute atomic E-state index is 12.0. The molecule has 0 bridgehead atoms. The van der Waals surface area contributed by atoms with Crippen LogP contribution in [0.2, 0.25) is 0 Å². The second kappa shape index (κ2) is 4.34. The highest BCUT2D eigenvalue weighted by molar-refractivity contribution is 5.78. The van der Waals surface area contributed by atoms with Crippen molar-refractivity contribution in [2.24, 2.45) is 0 Å². The highest BCUT2D eigenvalue weighted by Gasteiger charge is 2.40. The summed E-state index contributed by atoms with van der Waals surface area (Å²) in [6, 6.07) is 1.14. The summed E-state index contributed by atoms with van der Waals surface area (Å²) in [7, 11) is 0. The van der Waals surface area contributed by atoms with Gasteiger partial charge in [0.25, 0.3) is 0 Å². The molecule has 2 heterocycles. The van der Waals surface area contributed by atoms with E-state index in [1.165, 1.54) is 19.3 Å². The largest absolute Gasteiger partial charge is 0.317 e. The number of hydrogen-bond acceptors (Lipinski definition) is 3. The second-order valence-electron chi connectivity index (χ2n) is 5.22. The van der Waals surface area contributed by atoms with E-state index in [-0.39, 0.29) is 0 Å². The summed E-state index contributed by atoms with van der Waals surface area (Å²) in [4.78, 5) is 12.0. The van der Waals surface area contributed by atoms with Crippen molar-refractivity contribution in [1.82, 2.24) is 15.3 Å². The predicted octanol–water partition coefficient (Wildman–Crippen LogP) is 0.740. The van der Waals surface area contributed by atoms with Gasteiger partial charge >= 0.3 is 0 Å². The monoisotopic (exact) mass is 223 g/mol. The van der Waals surface area contributed by atoms with Gasteiger partial charge in [-0.2, -0.15) is 0 Å². The van der Waals surface area contributed by atoms with Gasteiger partial charge in [0.05, 0.1) is 6.04 Å². The number of rotatable bonds is 2. The van der Waals surface area contributed by atoms with Gasteiger partial charge in [-0.05, 0) is 38.8 Å². The summed E-state index contributed by atoms with van der Waals surface area (Å²) in [5.41, 5.74) is 0. The zero-order chi connectivity index (χ0) is 11.0. The van der Waals surface area contributed by atoms with Crippen molar-refractivity contribution in [3.05, 3.63) is 0 Å². The number of nitrogens with zero attached hydrogens (tertiary/aromatic N) is 2. The van der Waals surface area contributed by atoms with Crippen LogP contribution in [0.5, 0.6) is 0 Å². The molecular weight excluding hydrogens is 202 g/mol. The van der Waals surface area contributed by atoms with Crippen LogP contribution in [0.15, 0.2) is 0 Å². The molecule has 1 aliphatic carbocycles. The molecule has 4 nitrogen and oxygen atoms in total. The Morgan fingerprint density at radius 1 is 1.06 bits per heavy atom. The highest BCUT2D eigenvalue weighted by atomic mass is 16.2. The normalized spacial score (nSPS) is 29.8. The number of carbonyl (C=O) groups is 1. The summed E-state index contributed by atoms with van der Waals surface area (Å²) in [5.74, 6) is 0.360. The molecule has 0 spiro atoms. The Hall–Kier alpha value is -0.610. The Bertz CT molecular complexity index is 271. The molecule has 2 saturated heterocycles. The van der Waals surface area contributed by atoms with Crippen molar-refractivity contribution in [2.75, 3.05) is 19.6 Å². The topological polar surface area (TPSA) is 35.6 Å². The Labute approximate surface area is 96.9 Å². The van der Waals surface area contributed by atoms with E-state index in [4.69, 9.17) is 0 Å². The van der Waals surface area contributed by atoms with E-state index >= 15 is 0 Å². The first-order chi connectivity index (χ1) is 7.86. The van der Waals surface area contributed by atoms with Gasteiger partial charge in [-0.25, -0.2) is 5.01 Å². The van der Waals surface area contributed by atoms with E-state index in [1.54, 1.807) is 0 Å². The molecule has 1 saturated carbocycles. The van der Waals surface area contributed by atoms with E-state index in [1.807, 2.05) is 0 Å². The summed E-state index contributed by atoms with van der Waals surface area (Å²) in [6.07, 6.45) is 6.89. The van der Waals surface area contributed by atoms with Gasteiger partial charge in [-0.15, -0.1) is 0 Å². The molecule has 3 aliphatic rings. The zero-order valence-corrected chi connectivity index (χ0v) is 9.82. The molecular formula is C12H21N3O. The van der Waals surface area contributed by atoms with Crippen LogP contribution in [0.4, 0.5) is 0 Å². The standard InChI is InChI=1S/C12H21N3O/c16-12-6-9-14(10-2-1-3-10)15(12)11-4-7-13-8-5-11/h10-11,13H,1-9H2. The molecule has 3 fully saturated rings. The minimum Gasteiger partial charge on any atom is -0.317 e. The maximum atomic E-state index is 12.0. The van der Waals surface area contributed by atoms with Crippen molar-refractivity contribution in [2.45, 2.75) is 50.6 Å². The van der Waals surface area contributed by atoms with Crippen LogP contribution in [0.25, 0.3) is 0 Å². The smallest absolute Gasteiger partial charge is 0.238 e. The van der Waals surface area contributed by atoms with Crippen molar-refractivity contribution >= 4 is 5.91 Å². The zero-order valence-electron chi connectivity index (χ0n) is 9.82. The number of nitrogens with one attached hydrogen (secondary N) is 1.